The van der Waals surface area contributed by atoms with Gasteiger partial charge in [0.2, 0.25) is 5.91 Å². The summed E-state index contributed by atoms with van der Waals surface area (Å²) in [6.07, 6.45) is 0. The summed E-state index contributed by atoms with van der Waals surface area (Å²) in [6.45, 7) is 1.59. The number of amides is 1. The van der Waals surface area contributed by atoms with Crippen LogP contribution >= 0.6 is 0 Å². The number of carboxylic acids is 1. The molecule has 2 aromatic rings. The lowest BCUT2D eigenvalue weighted by Crippen LogP contribution is -2.33. The number of nitrogens with two attached hydrogens (primary N) is 1. The third-order valence-corrected chi connectivity index (χ3v) is 2.74. The predicted octanol–water partition coefficient (Wildman–Crippen LogP) is 1.22. The van der Waals surface area contributed by atoms with Crippen LogP contribution in [0.3, 0.4) is 0 Å². The van der Waals surface area contributed by atoms with Crippen LogP contribution < -0.4 is 11.1 Å². The van der Waals surface area contributed by atoms with Gasteiger partial charge in [-0.05, 0) is 18.4 Å². The number of carbonyl (C=O) groups is 2. The normalized spacial score (nSPS) is 12.1. The van der Waals surface area contributed by atoms with Crippen LogP contribution in [-0.4, -0.2) is 28.0 Å². The lowest BCUT2D eigenvalue weighted by atomic mass is 10.1. The number of nitrogens with zero attached hydrogens (tertiary/aromatic N) is 1. The lowest BCUT2D eigenvalue weighted by Gasteiger charge is -2.13. The first-order chi connectivity index (χ1) is 8.99. The summed E-state index contributed by atoms with van der Waals surface area (Å²) in [5, 5.41) is 13.3. The number of rotatable bonds is 4. The Kier molecular flexibility index (Phi) is 3.33. The minimum atomic E-state index is -1.12. The predicted molar refractivity (Wildman–Crippen MR) is 71.0 cm³/mol. The second kappa shape index (κ2) is 4.93. The van der Waals surface area contributed by atoms with Crippen LogP contribution in [0.1, 0.15) is 17.4 Å². The maximum absolute atomic E-state index is 11.1. The average Bonchev–Trinajstić information content (AvgIpc) is 2.38. The number of carboxylic acid groups (broad SMARTS) is 1. The molecule has 2 rings (SSSR count). The molecule has 1 aromatic carbocycles. The highest BCUT2D eigenvalue weighted by Crippen LogP contribution is 2.23. The molecule has 4 N–H and O–H groups in total. The molecule has 19 heavy (non-hydrogen) atoms. The number of fused-ring (bicyclic) bond motifs is 1. The number of hydrogen-bond acceptors (Lipinski definition) is 4. The van der Waals surface area contributed by atoms with Gasteiger partial charge in [0.05, 0.1) is 0 Å². The Bertz CT molecular complexity index is 655. The fraction of sp³-hybridized carbons (Fsp3) is 0.154. The smallest absolute Gasteiger partial charge is 0.354 e. The van der Waals surface area contributed by atoms with Gasteiger partial charge < -0.3 is 16.2 Å². The van der Waals surface area contributed by atoms with E-state index in [2.05, 4.69) is 10.3 Å². The third-order valence-electron chi connectivity index (χ3n) is 2.74. The molecule has 0 aliphatic rings. The fourth-order valence-corrected chi connectivity index (χ4v) is 1.69. The Balaban J connectivity index is 2.56. The standard InChI is InChI=1S/C13H13N3O3/c1-7(11(14)17)15-12-9-5-3-2-4-8(9)6-10(16-12)13(18)19/h2-7H,1H3,(H2,14,17)(H,15,16)(H,18,19). The van der Waals surface area contributed by atoms with Crippen LogP contribution in [0, 0.1) is 0 Å². The molecule has 98 valence electrons. The Hall–Kier alpha value is -2.63. The number of aromatic carboxylic acids is 1. The molecule has 1 amide bonds. The van der Waals surface area contributed by atoms with Crippen LogP contribution in [0.15, 0.2) is 30.3 Å². The van der Waals surface area contributed by atoms with Gasteiger partial charge in [-0.2, -0.15) is 0 Å². The van der Waals surface area contributed by atoms with Crippen molar-refractivity contribution in [2.75, 3.05) is 5.32 Å². The van der Waals surface area contributed by atoms with Gasteiger partial charge in [0, 0.05) is 5.39 Å². The van der Waals surface area contributed by atoms with E-state index >= 15 is 0 Å². The van der Waals surface area contributed by atoms with Crippen molar-refractivity contribution >= 4 is 28.5 Å². The zero-order valence-corrected chi connectivity index (χ0v) is 10.3. The van der Waals surface area contributed by atoms with Crippen LogP contribution in [0.5, 0.6) is 0 Å². The summed E-state index contributed by atoms with van der Waals surface area (Å²) in [7, 11) is 0. The SMILES string of the molecule is CC(Nc1nc(C(=O)O)cc2ccccc12)C(N)=O. The summed E-state index contributed by atoms with van der Waals surface area (Å²) >= 11 is 0. The molecule has 6 heteroatoms. The lowest BCUT2D eigenvalue weighted by molar-refractivity contribution is -0.118. The number of aromatic nitrogens is 1. The van der Waals surface area contributed by atoms with Gasteiger partial charge in [0.15, 0.2) is 5.69 Å². The highest BCUT2D eigenvalue weighted by molar-refractivity contribution is 5.98. The number of primary amides is 1. The Labute approximate surface area is 109 Å². The van der Waals surface area contributed by atoms with Crippen molar-refractivity contribution in [2.45, 2.75) is 13.0 Å². The topological polar surface area (TPSA) is 105 Å². The van der Waals surface area contributed by atoms with Crippen LogP contribution in [0.2, 0.25) is 0 Å². The van der Waals surface area contributed by atoms with E-state index in [1.54, 1.807) is 25.1 Å². The molecule has 0 fully saturated rings. The van der Waals surface area contributed by atoms with Gasteiger partial charge in [-0.3, -0.25) is 4.79 Å². The van der Waals surface area contributed by atoms with Crippen LogP contribution in [-0.2, 0) is 4.79 Å². The van der Waals surface area contributed by atoms with Gasteiger partial charge in [-0.1, -0.05) is 24.3 Å². The molecule has 1 atom stereocenters. The molecule has 0 bridgehead atoms. The van der Waals surface area contributed by atoms with E-state index in [-0.39, 0.29) is 5.69 Å². The van der Waals surface area contributed by atoms with Crippen molar-refractivity contribution in [1.82, 2.24) is 4.98 Å². The monoisotopic (exact) mass is 259 g/mol. The summed E-state index contributed by atoms with van der Waals surface area (Å²) in [5.41, 5.74) is 5.09. The molecule has 0 aliphatic carbocycles. The van der Waals surface area contributed by atoms with Gasteiger partial charge in [0.25, 0.3) is 0 Å². The van der Waals surface area contributed by atoms with Gasteiger partial charge in [-0.15, -0.1) is 0 Å². The Morgan fingerprint density at radius 2 is 2.05 bits per heavy atom. The van der Waals surface area contributed by atoms with E-state index in [1.807, 2.05) is 6.07 Å². The molecule has 0 spiro atoms. The summed E-state index contributed by atoms with van der Waals surface area (Å²) in [5.74, 6) is -1.33. The molecular formula is C13H13N3O3. The number of anilines is 1. The van der Waals surface area contributed by atoms with Crippen molar-refractivity contribution in [2.24, 2.45) is 5.73 Å². The van der Waals surface area contributed by atoms with Gasteiger partial charge in [-0.25, -0.2) is 9.78 Å². The van der Waals surface area contributed by atoms with Crippen molar-refractivity contribution in [3.05, 3.63) is 36.0 Å². The number of pyridine rings is 1. The van der Waals surface area contributed by atoms with Gasteiger partial charge in [0.1, 0.15) is 11.9 Å². The summed E-state index contributed by atoms with van der Waals surface area (Å²) in [4.78, 5) is 26.1. The molecule has 0 saturated heterocycles. The second-order valence-electron chi connectivity index (χ2n) is 4.15. The van der Waals surface area contributed by atoms with E-state index < -0.39 is 17.9 Å². The fourth-order valence-electron chi connectivity index (χ4n) is 1.69. The zero-order chi connectivity index (χ0) is 14.0. The maximum Gasteiger partial charge on any atom is 0.354 e. The number of benzene rings is 1. The highest BCUT2D eigenvalue weighted by Gasteiger charge is 2.14. The first kappa shape index (κ1) is 12.8. The van der Waals surface area contributed by atoms with Crippen molar-refractivity contribution in [3.8, 4) is 0 Å². The average molecular weight is 259 g/mol. The quantitative estimate of drug-likeness (QED) is 0.765. The zero-order valence-electron chi connectivity index (χ0n) is 10.3. The van der Waals surface area contributed by atoms with Crippen molar-refractivity contribution < 1.29 is 14.7 Å². The molecule has 1 heterocycles. The summed E-state index contributed by atoms with van der Waals surface area (Å²) < 4.78 is 0. The Morgan fingerprint density at radius 3 is 2.68 bits per heavy atom. The van der Waals surface area contributed by atoms with Crippen molar-refractivity contribution in [3.63, 3.8) is 0 Å². The first-order valence-corrected chi connectivity index (χ1v) is 5.68. The maximum atomic E-state index is 11.1. The second-order valence-corrected chi connectivity index (χ2v) is 4.15. The van der Waals surface area contributed by atoms with Crippen LogP contribution in [0.25, 0.3) is 10.8 Å². The third kappa shape index (κ3) is 2.62. The van der Waals surface area contributed by atoms with Gasteiger partial charge >= 0.3 is 5.97 Å². The molecule has 0 aliphatic heterocycles. The van der Waals surface area contributed by atoms with Crippen LogP contribution in [0.4, 0.5) is 5.82 Å². The molecule has 1 unspecified atom stereocenters. The molecule has 0 radical (unpaired) electrons. The number of nitrogens with one attached hydrogen (secondary N) is 1. The molecule has 1 aromatic heterocycles. The Morgan fingerprint density at radius 1 is 1.37 bits per heavy atom. The van der Waals surface area contributed by atoms with E-state index in [4.69, 9.17) is 10.8 Å². The van der Waals surface area contributed by atoms with E-state index in [9.17, 15) is 9.59 Å². The molecule has 6 nitrogen and oxygen atoms in total. The largest absolute Gasteiger partial charge is 0.477 e. The summed E-state index contributed by atoms with van der Waals surface area (Å²) in [6, 6.07) is 8.03. The number of hydrogen-bond donors (Lipinski definition) is 3. The molecular weight excluding hydrogens is 246 g/mol. The minimum absolute atomic E-state index is 0.0853. The van der Waals surface area contributed by atoms with E-state index in [0.717, 1.165) is 10.8 Å². The van der Waals surface area contributed by atoms with Crippen molar-refractivity contribution in [1.29, 1.82) is 0 Å². The van der Waals surface area contributed by atoms with E-state index in [0.29, 0.717) is 5.82 Å². The number of carbonyl (C=O) groups excluding carboxylic acids is 1. The first-order valence-electron chi connectivity index (χ1n) is 5.68. The molecule has 0 saturated carbocycles. The van der Waals surface area contributed by atoms with E-state index in [1.165, 1.54) is 6.07 Å². The highest BCUT2D eigenvalue weighted by atomic mass is 16.4. The minimum Gasteiger partial charge on any atom is -0.477 e.